The molecule has 1 aliphatic heterocycles. The third-order valence-electron chi connectivity index (χ3n) is 10.4. The van der Waals surface area contributed by atoms with Crippen LogP contribution in [0.25, 0.3) is 10.9 Å². The molecular weight excluding hydrogens is 680 g/mol. The van der Waals surface area contributed by atoms with Crippen molar-refractivity contribution in [2.45, 2.75) is 83.6 Å². The summed E-state index contributed by atoms with van der Waals surface area (Å²) >= 11 is 6.84. The van der Waals surface area contributed by atoms with Crippen molar-refractivity contribution in [3.8, 4) is 17.6 Å². The molecule has 11 nitrogen and oxygen atoms in total. The second-order valence-electron chi connectivity index (χ2n) is 14.4. The zero-order chi connectivity index (χ0) is 37.1. The molecule has 1 aliphatic carbocycles. The maximum Gasteiger partial charge on any atom is 0.309 e. The molecule has 2 aliphatic rings. The molecule has 2 aromatic carbocycles. The first-order valence-electron chi connectivity index (χ1n) is 18.6. The average Bonchev–Trinajstić information content (AvgIpc) is 3.24. The molecule has 0 bridgehead atoms. The van der Waals surface area contributed by atoms with Crippen LogP contribution in [0.4, 0.5) is 17.1 Å². The number of hydrogen-bond acceptors (Lipinski definition) is 10. The SMILES string of the molecule is CCOc1cc2ncc(C#N)c(Nc3ccc(OCC4NCC(C(=O)OC)CC45CCCCCCCC5)c(Cl)c3)c2cc1NC(=O)CCCN(C)C. The molecule has 1 saturated heterocycles. The lowest BCUT2D eigenvalue weighted by molar-refractivity contribution is -0.148. The average molecular weight is 733 g/mol. The van der Waals surface area contributed by atoms with Gasteiger partial charge in [-0.15, -0.1) is 0 Å². The number of fused-ring (bicyclic) bond motifs is 1. The molecule has 12 heteroatoms. The van der Waals surface area contributed by atoms with E-state index in [2.05, 4.69) is 27.0 Å². The van der Waals surface area contributed by atoms with Crippen molar-refractivity contribution in [3.05, 3.63) is 47.1 Å². The molecule has 3 aromatic rings. The third kappa shape index (κ3) is 9.85. The molecule has 2 heterocycles. The molecule has 2 fully saturated rings. The zero-order valence-electron chi connectivity index (χ0n) is 31.0. The lowest BCUT2D eigenvalue weighted by atomic mass is 9.65. The van der Waals surface area contributed by atoms with Gasteiger partial charge in [-0.25, -0.2) is 0 Å². The molecule has 1 saturated carbocycles. The van der Waals surface area contributed by atoms with Crippen molar-refractivity contribution in [2.24, 2.45) is 11.3 Å². The number of rotatable bonds is 13. The number of halogens is 1. The minimum absolute atomic E-state index is 0.0574. The van der Waals surface area contributed by atoms with Crippen LogP contribution in [-0.2, 0) is 14.3 Å². The number of piperidine rings is 1. The summed E-state index contributed by atoms with van der Waals surface area (Å²) in [7, 11) is 5.42. The molecule has 52 heavy (non-hydrogen) atoms. The second-order valence-corrected chi connectivity index (χ2v) is 14.8. The predicted molar refractivity (Wildman–Crippen MR) is 206 cm³/mol. The Balaban J connectivity index is 1.36. The number of carbonyl (C=O) groups is 2. The summed E-state index contributed by atoms with van der Waals surface area (Å²) in [6.45, 7) is 4.09. The quantitative estimate of drug-likeness (QED) is 0.149. The maximum absolute atomic E-state index is 12.9. The highest BCUT2D eigenvalue weighted by Crippen LogP contribution is 2.45. The van der Waals surface area contributed by atoms with Crippen LogP contribution in [-0.4, -0.2) is 75.3 Å². The number of esters is 1. The number of nitrogens with one attached hydrogen (secondary N) is 3. The summed E-state index contributed by atoms with van der Waals surface area (Å²) in [4.78, 5) is 32.0. The first-order chi connectivity index (χ1) is 25.2. The van der Waals surface area contributed by atoms with E-state index in [1.807, 2.05) is 38.1 Å². The van der Waals surface area contributed by atoms with Gasteiger partial charge >= 0.3 is 5.97 Å². The van der Waals surface area contributed by atoms with Gasteiger partial charge in [0.2, 0.25) is 5.91 Å². The largest absolute Gasteiger partial charge is 0.492 e. The maximum atomic E-state index is 12.9. The van der Waals surface area contributed by atoms with E-state index in [9.17, 15) is 14.9 Å². The van der Waals surface area contributed by atoms with Gasteiger partial charge in [0.05, 0.1) is 47.1 Å². The van der Waals surface area contributed by atoms with Crippen LogP contribution < -0.4 is 25.4 Å². The second kappa shape index (κ2) is 18.6. The number of hydrogen-bond donors (Lipinski definition) is 3. The van der Waals surface area contributed by atoms with E-state index >= 15 is 0 Å². The highest BCUT2D eigenvalue weighted by atomic mass is 35.5. The number of nitrogens with zero attached hydrogens (tertiary/aromatic N) is 3. The number of aromatic nitrogens is 1. The fraction of sp³-hybridized carbons (Fsp3) is 0.550. The van der Waals surface area contributed by atoms with Crippen molar-refractivity contribution in [1.82, 2.24) is 15.2 Å². The van der Waals surface area contributed by atoms with E-state index in [1.165, 1.54) is 39.0 Å². The number of methoxy groups -OCH3 is 1. The van der Waals surface area contributed by atoms with Crippen molar-refractivity contribution >= 4 is 51.4 Å². The third-order valence-corrected chi connectivity index (χ3v) is 10.7. The number of carbonyl (C=O) groups excluding carboxylic acids is 2. The zero-order valence-corrected chi connectivity index (χ0v) is 31.7. The van der Waals surface area contributed by atoms with E-state index in [0.29, 0.717) is 76.2 Å². The van der Waals surface area contributed by atoms with Crippen molar-refractivity contribution in [2.75, 3.05) is 58.1 Å². The van der Waals surface area contributed by atoms with E-state index in [-0.39, 0.29) is 29.3 Å². The topological polar surface area (TPSA) is 138 Å². The van der Waals surface area contributed by atoms with Crippen LogP contribution in [0.2, 0.25) is 5.02 Å². The predicted octanol–water partition coefficient (Wildman–Crippen LogP) is 7.83. The molecule has 2 atom stereocenters. The van der Waals surface area contributed by atoms with Gasteiger partial charge in [-0.1, -0.05) is 50.1 Å². The molecule has 1 spiro atoms. The molecule has 2 unspecified atom stereocenters. The Morgan fingerprint density at radius 1 is 1.08 bits per heavy atom. The fourth-order valence-electron chi connectivity index (χ4n) is 7.71. The van der Waals surface area contributed by atoms with E-state index in [4.69, 9.17) is 25.8 Å². The number of pyridine rings is 1. The van der Waals surface area contributed by atoms with Crippen molar-refractivity contribution in [1.29, 1.82) is 5.26 Å². The van der Waals surface area contributed by atoms with Crippen LogP contribution in [0.5, 0.6) is 11.5 Å². The fourth-order valence-corrected chi connectivity index (χ4v) is 7.94. The van der Waals surface area contributed by atoms with Crippen molar-refractivity contribution in [3.63, 3.8) is 0 Å². The monoisotopic (exact) mass is 732 g/mol. The summed E-state index contributed by atoms with van der Waals surface area (Å²) in [5.74, 6) is 0.637. The Morgan fingerprint density at radius 3 is 2.50 bits per heavy atom. The first-order valence-corrected chi connectivity index (χ1v) is 19.0. The minimum atomic E-state index is -0.162. The van der Waals surface area contributed by atoms with Gasteiger partial charge in [-0.05, 0) is 82.9 Å². The number of anilines is 3. The van der Waals surface area contributed by atoms with Gasteiger partial charge < -0.3 is 35.1 Å². The molecule has 5 rings (SSSR count). The van der Waals surface area contributed by atoms with Crippen LogP contribution in [0, 0.1) is 22.7 Å². The Kier molecular flexibility index (Phi) is 14.0. The van der Waals surface area contributed by atoms with E-state index in [0.717, 1.165) is 45.1 Å². The number of amides is 1. The number of ether oxygens (including phenoxy) is 3. The van der Waals surface area contributed by atoms with E-state index in [1.54, 1.807) is 18.2 Å². The van der Waals surface area contributed by atoms with Gasteiger partial charge in [0, 0.05) is 42.3 Å². The summed E-state index contributed by atoms with van der Waals surface area (Å²) < 4.78 is 17.4. The summed E-state index contributed by atoms with van der Waals surface area (Å²) in [5, 5.41) is 21.2. The van der Waals surface area contributed by atoms with Crippen LogP contribution in [0.1, 0.15) is 83.1 Å². The Morgan fingerprint density at radius 2 is 1.83 bits per heavy atom. The Hall–Kier alpha value is -4.11. The first kappa shape index (κ1) is 39.1. The molecule has 0 radical (unpaired) electrons. The van der Waals surface area contributed by atoms with Crippen molar-refractivity contribution < 1.29 is 23.8 Å². The Bertz CT molecular complexity index is 1730. The number of benzene rings is 2. The molecular formula is C40H53ClN6O5. The van der Waals surface area contributed by atoms with Gasteiger partial charge in [-0.2, -0.15) is 5.26 Å². The normalized spacial score (nSPS) is 18.9. The minimum Gasteiger partial charge on any atom is -0.492 e. The molecule has 1 aromatic heterocycles. The lowest BCUT2D eigenvalue weighted by Crippen LogP contribution is -2.57. The van der Waals surface area contributed by atoms with Crippen LogP contribution in [0.15, 0.2) is 36.5 Å². The van der Waals surface area contributed by atoms with E-state index < -0.39 is 0 Å². The summed E-state index contributed by atoms with van der Waals surface area (Å²) in [5.41, 5.74) is 2.60. The Labute approximate surface area is 312 Å². The summed E-state index contributed by atoms with van der Waals surface area (Å²) in [6, 6.07) is 11.4. The van der Waals surface area contributed by atoms with Crippen LogP contribution >= 0.6 is 11.6 Å². The lowest BCUT2D eigenvalue weighted by Gasteiger charge is -2.47. The van der Waals surface area contributed by atoms with Crippen LogP contribution in [0.3, 0.4) is 0 Å². The van der Waals surface area contributed by atoms with Gasteiger partial charge in [0.15, 0.2) is 0 Å². The summed E-state index contributed by atoms with van der Waals surface area (Å²) in [6.07, 6.45) is 12.7. The van der Waals surface area contributed by atoms with Gasteiger partial charge in [0.1, 0.15) is 24.2 Å². The standard InChI is InChI=1S/C40H53ClN6O5/c1-5-51-35-21-32-30(20-33(35)46-37(48)13-12-18-47(2)3)38(28(23-42)25-43-32)45-29-14-15-34(31(41)19-29)52-26-36-40(16-10-8-6-7-9-11-17-40)22-27(24-44-36)39(49)50-4/h14-15,19-21,25,27,36,44H,5-13,16-18,22,24,26H2,1-4H3,(H,43,45)(H,46,48). The molecule has 280 valence electrons. The molecule has 3 N–H and O–H groups in total. The smallest absolute Gasteiger partial charge is 0.309 e. The highest BCUT2D eigenvalue weighted by Gasteiger charge is 2.45. The van der Waals surface area contributed by atoms with Gasteiger partial charge in [-0.3, -0.25) is 14.6 Å². The number of nitriles is 1. The van der Waals surface area contributed by atoms with Gasteiger partial charge in [0.25, 0.3) is 0 Å². The highest BCUT2D eigenvalue weighted by molar-refractivity contribution is 6.32. The molecule has 1 amide bonds.